The Morgan fingerprint density at radius 1 is 1.56 bits per heavy atom. The Balaban J connectivity index is 2.37. The molecule has 0 saturated carbocycles. The Bertz CT molecular complexity index is 353. The molecule has 0 aromatic heterocycles. The predicted molar refractivity (Wildman–Crippen MR) is 63.9 cm³/mol. The number of carbonyl (C=O) groups excluding carboxylic acids is 1. The normalized spacial score (nSPS) is 12.1. The van der Waals surface area contributed by atoms with Gasteiger partial charge in [-0.1, -0.05) is 12.1 Å². The second-order valence-electron chi connectivity index (χ2n) is 3.90. The number of nitrogens with one attached hydrogen (secondary N) is 1. The van der Waals surface area contributed by atoms with E-state index in [1.807, 2.05) is 24.3 Å². The molecule has 0 spiro atoms. The molecule has 4 N–H and O–H groups in total. The molecule has 1 amide bonds. The zero-order valence-corrected chi connectivity index (χ0v) is 9.44. The monoisotopic (exact) mass is 222 g/mol. The van der Waals surface area contributed by atoms with E-state index in [-0.39, 0.29) is 18.6 Å². The fourth-order valence-corrected chi connectivity index (χ4v) is 1.40. The summed E-state index contributed by atoms with van der Waals surface area (Å²) in [7, 11) is 0. The highest BCUT2D eigenvalue weighted by Crippen LogP contribution is 2.08. The molecule has 88 valence electrons. The summed E-state index contributed by atoms with van der Waals surface area (Å²) in [6.07, 6.45) is 1.07. The van der Waals surface area contributed by atoms with Crippen molar-refractivity contribution in [2.45, 2.75) is 25.8 Å². The number of aryl methyl sites for hydroxylation is 1. The first-order chi connectivity index (χ1) is 7.61. The fraction of sp³-hybridized carbons (Fsp3) is 0.417. The van der Waals surface area contributed by atoms with E-state index >= 15 is 0 Å². The summed E-state index contributed by atoms with van der Waals surface area (Å²) in [5.41, 5.74) is 7.39. The molecule has 0 heterocycles. The second-order valence-corrected chi connectivity index (χ2v) is 3.90. The number of aliphatic hydroxyl groups is 1. The van der Waals surface area contributed by atoms with Crippen molar-refractivity contribution in [2.75, 3.05) is 12.3 Å². The molecule has 0 radical (unpaired) electrons. The highest BCUT2D eigenvalue weighted by atomic mass is 16.3. The molecule has 0 aliphatic carbocycles. The van der Waals surface area contributed by atoms with Gasteiger partial charge in [0.1, 0.15) is 0 Å². The minimum absolute atomic E-state index is 0.0377. The van der Waals surface area contributed by atoms with Gasteiger partial charge < -0.3 is 16.2 Å². The van der Waals surface area contributed by atoms with Crippen molar-refractivity contribution >= 4 is 11.6 Å². The summed E-state index contributed by atoms with van der Waals surface area (Å²) in [6, 6.07) is 7.31. The van der Waals surface area contributed by atoms with E-state index in [0.717, 1.165) is 5.56 Å². The van der Waals surface area contributed by atoms with Gasteiger partial charge in [-0.2, -0.15) is 0 Å². The highest BCUT2D eigenvalue weighted by Gasteiger charge is 2.06. The lowest BCUT2D eigenvalue weighted by Crippen LogP contribution is -2.35. The summed E-state index contributed by atoms with van der Waals surface area (Å²) in [6.45, 7) is 1.72. The zero-order valence-electron chi connectivity index (χ0n) is 9.44. The van der Waals surface area contributed by atoms with Crippen LogP contribution in [0.2, 0.25) is 0 Å². The topological polar surface area (TPSA) is 75.3 Å². The number of nitrogens with two attached hydrogens (primary N) is 1. The number of amides is 1. The molecular weight excluding hydrogens is 204 g/mol. The maximum absolute atomic E-state index is 11.4. The minimum atomic E-state index is -0.187. The molecule has 1 aromatic rings. The van der Waals surface area contributed by atoms with E-state index in [9.17, 15) is 4.79 Å². The molecule has 0 unspecified atom stereocenters. The van der Waals surface area contributed by atoms with Crippen LogP contribution in [0.5, 0.6) is 0 Å². The third-order valence-corrected chi connectivity index (χ3v) is 2.27. The molecule has 1 aromatic carbocycles. The van der Waals surface area contributed by atoms with Crippen molar-refractivity contribution in [1.82, 2.24) is 5.32 Å². The summed E-state index contributed by atoms with van der Waals surface area (Å²) < 4.78 is 0. The van der Waals surface area contributed by atoms with Crippen LogP contribution >= 0.6 is 0 Å². The van der Waals surface area contributed by atoms with Crippen LogP contribution in [-0.4, -0.2) is 23.7 Å². The van der Waals surface area contributed by atoms with Crippen molar-refractivity contribution < 1.29 is 9.90 Å². The summed E-state index contributed by atoms with van der Waals surface area (Å²) in [4.78, 5) is 11.4. The van der Waals surface area contributed by atoms with Crippen molar-refractivity contribution in [3.63, 3.8) is 0 Å². The Labute approximate surface area is 95.5 Å². The molecular formula is C12H18N2O2. The molecule has 1 atom stereocenters. The van der Waals surface area contributed by atoms with E-state index in [1.54, 1.807) is 6.92 Å². The van der Waals surface area contributed by atoms with Gasteiger partial charge in [0, 0.05) is 18.2 Å². The Kier molecular flexibility index (Phi) is 4.79. The molecule has 4 nitrogen and oxygen atoms in total. The number of carbonyl (C=O) groups is 1. The van der Waals surface area contributed by atoms with Gasteiger partial charge in [0.25, 0.3) is 0 Å². The maximum Gasteiger partial charge on any atom is 0.220 e. The lowest BCUT2D eigenvalue weighted by Gasteiger charge is -2.10. The minimum Gasteiger partial charge on any atom is -0.399 e. The van der Waals surface area contributed by atoms with Gasteiger partial charge in [-0.15, -0.1) is 0 Å². The van der Waals surface area contributed by atoms with Crippen molar-refractivity contribution in [3.8, 4) is 0 Å². The van der Waals surface area contributed by atoms with E-state index < -0.39 is 0 Å². The third kappa shape index (κ3) is 4.31. The number of hydrogen-bond donors (Lipinski definition) is 3. The summed E-state index contributed by atoms with van der Waals surface area (Å²) in [5.74, 6) is -0.0519. The number of hydrogen-bond acceptors (Lipinski definition) is 3. The first-order valence-electron chi connectivity index (χ1n) is 5.36. The largest absolute Gasteiger partial charge is 0.399 e. The molecule has 0 fully saturated rings. The SMILES string of the molecule is C[C@@H](CO)NC(=O)CCc1cccc(N)c1. The van der Waals surface area contributed by atoms with Gasteiger partial charge in [0.2, 0.25) is 5.91 Å². The number of benzene rings is 1. The number of aliphatic hydroxyl groups excluding tert-OH is 1. The summed E-state index contributed by atoms with van der Waals surface area (Å²) in [5, 5.41) is 11.5. The molecule has 0 aliphatic heterocycles. The van der Waals surface area contributed by atoms with Crippen LogP contribution < -0.4 is 11.1 Å². The van der Waals surface area contributed by atoms with Gasteiger partial charge in [-0.3, -0.25) is 4.79 Å². The maximum atomic E-state index is 11.4. The lowest BCUT2D eigenvalue weighted by molar-refractivity contribution is -0.121. The Hall–Kier alpha value is -1.55. The van der Waals surface area contributed by atoms with Gasteiger partial charge in [0.05, 0.1) is 6.61 Å². The predicted octanol–water partition coefficient (Wildman–Crippen LogP) is 0.698. The number of anilines is 1. The molecule has 0 aliphatic rings. The Morgan fingerprint density at radius 3 is 2.94 bits per heavy atom. The second kappa shape index (κ2) is 6.12. The van der Waals surface area contributed by atoms with Crippen LogP contribution in [0.3, 0.4) is 0 Å². The third-order valence-electron chi connectivity index (χ3n) is 2.27. The first-order valence-corrected chi connectivity index (χ1v) is 5.36. The number of nitrogen functional groups attached to an aromatic ring is 1. The molecule has 4 heteroatoms. The van der Waals surface area contributed by atoms with Gasteiger partial charge in [0.15, 0.2) is 0 Å². The Morgan fingerprint density at radius 2 is 2.31 bits per heavy atom. The summed E-state index contributed by atoms with van der Waals surface area (Å²) >= 11 is 0. The highest BCUT2D eigenvalue weighted by molar-refractivity contribution is 5.76. The molecule has 16 heavy (non-hydrogen) atoms. The van der Waals surface area contributed by atoms with Crippen molar-refractivity contribution in [1.29, 1.82) is 0 Å². The quantitative estimate of drug-likeness (QED) is 0.642. The van der Waals surface area contributed by atoms with Crippen LogP contribution in [0.25, 0.3) is 0 Å². The fourth-order valence-electron chi connectivity index (χ4n) is 1.40. The lowest BCUT2D eigenvalue weighted by atomic mass is 10.1. The smallest absolute Gasteiger partial charge is 0.220 e. The molecule has 0 bridgehead atoms. The average molecular weight is 222 g/mol. The number of rotatable bonds is 5. The van der Waals surface area contributed by atoms with Crippen LogP contribution in [0, 0.1) is 0 Å². The van der Waals surface area contributed by atoms with Gasteiger partial charge in [-0.05, 0) is 31.0 Å². The van der Waals surface area contributed by atoms with Gasteiger partial charge >= 0.3 is 0 Å². The standard InChI is InChI=1S/C12H18N2O2/c1-9(8-15)14-12(16)6-5-10-3-2-4-11(13)7-10/h2-4,7,9,15H,5-6,8,13H2,1H3,(H,14,16)/t9-/m0/s1. The molecule has 0 saturated heterocycles. The average Bonchev–Trinajstić information content (AvgIpc) is 2.26. The first kappa shape index (κ1) is 12.5. The van der Waals surface area contributed by atoms with E-state index in [1.165, 1.54) is 0 Å². The van der Waals surface area contributed by atoms with E-state index in [2.05, 4.69) is 5.32 Å². The van der Waals surface area contributed by atoms with Crippen LogP contribution in [-0.2, 0) is 11.2 Å². The van der Waals surface area contributed by atoms with Crippen LogP contribution in [0.1, 0.15) is 18.9 Å². The van der Waals surface area contributed by atoms with Gasteiger partial charge in [-0.25, -0.2) is 0 Å². The molecule has 1 rings (SSSR count). The zero-order chi connectivity index (χ0) is 12.0. The van der Waals surface area contributed by atoms with E-state index in [4.69, 9.17) is 10.8 Å². The van der Waals surface area contributed by atoms with Crippen molar-refractivity contribution in [2.24, 2.45) is 0 Å². The van der Waals surface area contributed by atoms with E-state index in [0.29, 0.717) is 18.5 Å². The van der Waals surface area contributed by atoms with Crippen LogP contribution in [0.4, 0.5) is 5.69 Å². The van der Waals surface area contributed by atoms with Crippen molar-refractivity contribution in [3.05, 3.63) is 29.8 Å². The van der Waals surface area contributed by atoms with Crippen LogP contribution in [0.15, 0.2) is 24.3 Å².